The number of hydrogen-bond donors (Lipinski definition) is 1. The van der Waals surface area contributed by atoms with Crippen molar-refractivity contribution in [2.24, 2.45) is 5.92 Å². The van der Waals surface area contributed by atoms with E-state index in [1.54, 1.807) is 11.0 Å². The summed E-state index contributed by atoms with van der Waals surface area (Å²) in [5.74, 6) is -1.31. The van der Waals surface area contributed by atoms with Crippen LogP contribution in [0.15, 0.2) is 24.8 Å². The largest absolute Gasteiger partial charge is 0.378 e. The Kier molecular flexibility index (Phi) is 6.34. The minimum absolute atomic E-state index is 0.00918. The highest BCUT2D eigenvalue weighted by Crippen LogP contribution is 2.35. The predicted octanol–water partition coefficient (Wildman–Crippen LogP) is 2.68. The molecule has 1 N–H and O–H groups in total. The van der Waals surface area contributed by atoms with Crippen LogP contribution in [0.25, 0.3) is 0 Å². The first kappa shape index (κ1) is 19.6. The van der Waals surface area contributed by atoms with Gasteiger partial charge < -0.3 is 19.9 Å². The van der Waals surface area contributed by atoms with Gasteiger partial charge in [-0.3, -0.25) is 9.59 Å². The summed E-state index contributed by atoms with van der Waals surface area (Å²) in [6, 6.07) is 3.05. The molecule has 2 aliphatic heterocycles. The molecule has 0 aliphatic carbocycles. The maximum Gasteiger partial charge on any atom is 0.245 e. The molecular weight excluding hydrogens is 373 g/mol. The van der Waals surface area contributed by atoms with Gasteiger partial charge in [0.2, 0.25) is 11.8 Å². The second-order valence-corrected chi connectivity index (χ2v) is 7.08. The number of piperidine rings is 1. The van der Waals surface area contributed by atoms with E-state index in [4.69, 9.17) is 16.3 Å². The molecule has 1 aromatic carbocycles. The van der Waals surface area contributed by atoms with Gasteiger partial charge in [0.1, 0.15) is 0 Å². The van der Waals surface area contributed by atoms with Gasteiger partial charge in [0.15, 0.2) is 5.82 Å². The van der Waals surface area contributed by atoms with Crippen LogP contribution in [0.5, 0.6) is 0 Å². The number of morpholine rings is 1. The topological polar surface area (TPSA) is 61.9 Å². The summed E-state index contributed by atoms with van der Waals surface area (Å²) < 4.78 is 20.0. The third-order valence-electron chi connectivity index (χ3n) is 4.93. The SMILES string of the molecule is C=CC(=O)N1CCCC(C(=O)Nc2ccc(Cl)c(F)c2N2CCOCC2)C1. The van der Waals surface area contributed by atoms with Crippen LogP contribution < -0.4 is 10.2 Å². The zero-order chi connectivity index (χ0) is 19.4. The van der Waals surface area contributed by atoms with Crippen LogP contribution >= 0.6 is 11.6 Å². The standard InChI is InChI=1S/C19H23ClFN3O3/c1-2-16(25)24-7-3-4-13(12-24)19(26)22-15-6-5-14(20)17(21)18(15)23-8-10-27-11-9-23/h2,5-6,13H,1,3-4,7-12H2,(H,22,26). The summed E-state index contributed by atoms with van der Waals surface area (Å²) in [6.07, 6.45) is 2.67. The Morgan fingerprint density at radius 1 is 1.30 bits per heavy atom. The van der Waals surface area contributed by atoms with Crippen molar-refractivity contribution in [3.8, 4) is 0 Å². The Morgan fingerprint density at radius 2 is 2.04 bits per heavy atom. The number of benzene rings is 1. The highest BCUT2D eigenvalue weighted by atomic mass is 35.5. The van der Waals surface area contributed by atoms with E-state index in [-0.39, 0.29) is 28.4 Å². The van der Waals surface area contributed by atoms with E-state index in [9.17, 15) is 14.0 Å². The predicted molar refractivity (Wildman–Crippen MR) is 103 cm³/mol. The Hall–Kier alpha value is -2.12. The molecule has 3 rings (SSSR count). The fourth-order valence-electron chi connectivity index (χ4n) is 3.49. The second-order valence-electron chi connectivity index (χ2n) is 6.67. The summed E-state index contributed by atoms with van der Waals surface area (Å²) in [5, 5.41) is 2.85. The molecule has 1 atom stereocenters. The molecule has 0 spiro atoms. The first-order chi connectivity index (χ1) is 13.0. The number of carbonyl (C=O) groups excluding carboxylic acids is 2. The molecule has 0 bridgehead atoms. The lowest BCUT2D eigenvalue weighted by Gasteiger charge is -2.33. The van der Waals surface area contributed by atoms with E-state index in [1.807, 2.05) is 4.90 Å². The minimum Gasteiger partial charge on any atom is -0.378 e. The first-order valence-electron chi connectivity index (χ1n) is 9.04. The average Bonchev–Trinajstić information content (AvgIpc) is 2.71. The van der Waals surface area contributed by atoms with Crippen molar-refractivity contribution in [3.05, 3.63) is 35.6 Å². The lowest BCUT2D eigenvalue weighted by atomic mass is 9.97. The molecule has 2 aliphatic rings. The van der Waals surface area contributed by atoms with Crippen molar-refractivity contribution in [1.29, 1.82) is 0 Å². The number of anilines is 2. The summed E-state index contributed by atoms with van der Waals surface area (Å²) in [4.78, 5) is 28.1. The second kappa shape index (κ2) is 8.71. The molecule has 2 saturated heterocycles. The monoisotopic (exact) mass is 395 g/mol. The highest BCUT2D eigenvalue weighted by molar-refractivity contribution is 6.31. The molecule has 6 nitrogen and oxygen atoms in total. The van der Waals surface area contributed by atoms with Gasteiger partial charge in [0, 0.05) is 26.2 Å². The van der Waals surface area contributed by atoms with Crippen molar-refractivity contribution in [2.45, 2.75) is 12.8 Å². The molecule has 0 radical (unpaired) electrons. The van der Waals surface area contributed by atoms with Crippen molar-refractivity contribution >= 4 is 34.8 Å². The van der Waals surface area contributed by atoms with Gasteiger partial charge in [-0.2, -0.15) is 0 Å². The van der Waals surface area contributed by atoms with Crippen molar-refractivity contribution in [3.63, 3.8) is 0 Å². The van der Waals surface area contributed by atoms with Crippen LogP contribution in [0.2, 0.25) is 5.02 Å². The molecule has 0 aromatic heterocycles. The number of hydrogen-bond acceptors (Lipinski definition) is 4. The number of likely N-dealkylation sites (tertiary alicyclic amines) is 1. The third-order valence-corrected chi connectivity index (χ3v) is 5.22. The highest BCUT2D eigenvalue weighted by Gasteiger charge is 2.29. The summed E-state index contributed by atoms with van der Waals surface area (Å²) in [6.45, 7) is 6.45. The van der Waals surface area contributed by atoms with Gasteiger partial charge in [0.05, 0.1) is 35.5 Å². The average molecular weight is 396 g/mol. The van der Waals surface area contributed by atoms with Gasteiger partial charge in [-0.05, 0) is 31.1 Å². The minimum atomic E-state index is -0.552. The third kappa shape index (κ3) is 4.42. The van der Waals surface area contributed by atoms with E-state index in [1.165, 1.54) is 12.1 Å². The molecule has 0 saturated carbocycles. The zero-order valence-corrected chi connectivity index (χ0v) is 15.8. The Morgan fingerprint density at radius 3 is 2.74 bits per heavy atom. The fourth-order valence-corrected chi connectivity index (χ4v) is 3.64. The molecule has 2 fully saturated rings. The number of nitrogens with zero attached hydrogens (tertiary/aromatic N) is 2. The fraction of sp³-hybridized carbons (Fsp3) is 0.474. The van der Waals surface area contributed by atoms with Gasteiger partial charge in [-0.1, -0.05) is 18.2 Å². The maximum atomic E-state index is 14.7. The number of carbonyl (C=O) groups is 2. The number of rotatable bonds is 4. The van der Waals surface area contributed by atoms with Crippen LogP contribution in [0.3, 0.4) is 0 Å². The maximum absolute atomic E-state index is 14.7. The molecule has 1 unspecified atom stereocenters. The quantitative estimate of drug-likeness (QED) is 0.796. The molecule has 2 amide bonds. The molecule has 1 aromatic rings. The van der Waals surface area contributed by atoms with Crippen molar-refractivity contribution in [1.82, 2.24) is 4.90 Å². The molecular formula is C19H23ClFN3O3. The summed E-state index contributed by atoms with van der Waals surface area (Å²) in [5.41, 5.74) is 0.671. The smallest absolute Gasteiger partial charge is 0.245 e. The zero-order valence-electron chi connectivity index (χ0n) is 15.0. The first-order valence-corrected chi connectivity index (χ1v) is 9.42. The molecule has 8 heteroatoms. The Bertz CT molecular complexity index is 737. The van der Waals surface area contributed by atoms with E-state index < -0.39 is 5.82 Å². The summed E-state index contributed by atoms with van der Waals surface area (Å²) >= 11 is 5.96. The van der Waals surface area contributed by atoms with Crippen molar-refractivity contribution in [2.75, 3.05) is 49.6 Å². The molecule has 27 heavy (non-hydrogen) atoms. The number of nitrogens with one attached hydrogen (secondary N) is 1. The Labute approximate surface area is 162 Å². The summed E-state index contributed by atoms with van der Waals surface area (Å²) in [7, 11) is 0. The van der Waals surface area contributed by atoms with E-state index >= 15 is 0 Å². The van der Waals surface area contributed by atoms with E-state index in [0.29, 0.717) is 51.5 Å². The van der Waals surface area contributed by atoms with Gasteiger partial charge in [-0.15, -0.1) is 0 Å². The number of amides is 2. The number of ether oxygens (including phenoxy) is 1. The lowest BCUT2D eigenvalue weighted by molar-refractivity contribution is -0.130. The van der Waals surface area contributed by atoms with E-state index in [2.05, 4.69) is 11.9 Å². The van der Waals surface area contributed by atoms with E-state index in [0.717, 1.165) is 6.42 Å². The van der Waals surface area contributed by atoms with Crippen LogP contribution in [0.4, 0.5) is 15.8 Å². The van der Waals surface area contributed by atoms with Crippen LogP contribution in [0, 0.1) is 11.7 Å². The molecule has 2 heterocycles. The van der Waals surface area contributed by atoms with Crippen LogP contribution in [0.1, 0.15) is 12.8 Å². The number of halogens is 2. The normalized spacial score (nSPS) is 20.3. The van der Waals surface area contributed by atoms with Gasteiger partial charge in [-0.25, -0.2) is 4.39 Å². The van der Waals surface area contributed by atoms with Crippen LogP contribution in [-0.2, 0) is 14.3 Å². The van der Waals surface area contributed by atoms with Crippen LogP contribution in [-0.4, -0.2) is 56.1 Å². The molecule has 146 valence electrons. The van der Waals surface area contributed by atoms with Gasteiger partial charge >= 0.3 is 0 Å². The Balaban J connectivity index is 1.78. The lowest BCUT2D eigenvalue weighted by Crippen LogP contribution is -2.43. The van der Waals surface area contributed by atoms with Gasteiger partial charge in [0.25, 0.3) is 0 Å². The van der Waals surface area contributed by atoms with Crippen molar-refractivity contribution < 1.29 is 18.7 Å².